The molecule has 4 aromatic rings. The molecule has 4 atom stereocenters. The van der Waals surface area contributed by atoms with Crippen LogP contribution in [-0.4, -0.2) is 99.0 Å². The van der Waals surface area contributed by atoms with Gasteiger partial charge >= 0.3 is 12.7 Å². The van der Waals surface area contributed by atoms with E-state index < -0.39 is 59.9 Å². The number of esters is 1. The smallest absolute Gasteiger partial charge is 0.308 e. The monoisotopic (exact) mass is 819 g/mol. The summed E-state index contributed by atoms with van der Waals surface area (Å²) in [7, 11) is 0. The van der Waals surface area contributed by atoms with Gasteiger partial charge in [0.2, 0.25) is 0 Å². The summed E-state index contributed by atoms with van der Waals surface area (Å²) in [5.41, 5.74) is 4.50. The highest BCUT2D eigenvalue weighted by molar-refractivity contribution is 6.12. The fraction of sp³-hybridized carbons (Fsp3) is 0.429. The van der Waals surface area contributed by atoms with Gasteiger partial charge in [-0.25, -0.2) is 4.39 Å². The predicted molar refractivity (Wildman–Crippen MR) is 215 cm³/mol. The standard InChI is InChI=1S/C42H50FN5O11/c1-28(2)40-39(42(52)44-32-12-7-4-8-13-32)38(29-10-5-3-6-11-29)41(30-15-17-31(43)18-16-30)46(40)21-19-34(49)22-35(50)23-37(51)57-25-33-14-9-20-45(33)24-36(26-59-48(55)56)58-27-47(53)54/h3-8,10-13,15-18,28,33-36,49-50H,9,14,19-27H2,1-2H3,(H,44,52)/t33?,34-,35-,36?/m1/s1. The molecule has 17 heteroatoms. The van der Waals surface area contributed by atoms with Gasteiger partial charge in [-0.1, -0.05) is 62.4 Å². The first-order valence-corrected chi connectivity index (χ1v) is 19.5. The molecule has 16 nitrogen and oxygen atoms in total. The third-order valence-electron chi connectivity index (χ3n) is 10.1. The number of anilines is 1. The number of nitrogens with zero attached hydrogens (tertiary/aromatic N) is 4. The minimum atomic E-state index is -1.24. The highest BCUT2D eigenvalue weighted by atomic mass is 19.1. The minimum Gasteiger partial charge on any atom is -0.464 e. The van der Waals surface area contributed by atoms with E-state index >= 15 is 0 Å². The summed E-state index contributed by atoms with van der Waals surface area (Å²) in [4.78, 5) is 54.2. The van der Waals surface area contributed by atoms with Crippen molar-refractivity contribution in [3.05, 3.63) is 122 Å². The zero-order chi connectivity index (χ0) is 42.5. The Kier molecular flexibility index (Phi) is 16.0. The van der Waals surface area contributed by atoms with Crippen molar-refractivity contribution in [2.45, 2.75) is 82.8 Å². The quantitative estimate of drug-likeness (QED) is 0.0358. The second kappa shape index (κ2) is 21.3. The maximum absolute atomic E-state index is 14.3. The average Bonchev–Trinajstić information content (AvgIpc) is 3.80. The van der Waals surface area contributed by atoms with Gasteiger partial charge in [0, 0.05) is 41.0 Å². The number of rotatable bonds is 22. The van der Waals surface area contributed by atoms with Crippen molar-refractivity contribution in [3.8, 4) is 22.4 Å². The Hall–Kier alpha value is -5.75. The molecule has 316 valence electrons. The number of aliphatic hydroxyl groups excluding tert-OH is 2. The van der Waals surface area contributed by atoms with Gasteiger partial charge in [-0.3, -0.25) is 24.6 Å². The van der Waals surface area contributed by atoms with Gasteiger partial charge < -0.3 is 34.4 Å². The molecule has 1 aliphatic rings. The Morgan fingerprint density at radius 2 is 1.63 bits per heavy atom. The van der Waals surface area contributed by atoms with E-state index in [2.05, 4.69) is 10.2 Å². The van der Waals surface area contributed by atoms with Crippen LogP contribution in [0, 0.1) is 26.0 Å². The van der Waals surface area contributed by atoms with Gasteiger partial charge in [-0.05, 0) is 85.7 Å². The molecule has 2 heterocycles. The molecule has 3 aromatic carbocycles. The highest BCUT2D eigenvalue weighted by Gasteiger charge is 2.32. The molecule has 1 amide bonds. The molecule has 0 aliphatic carbocycles. The van der Waals surface area contributed by atoms with Crippen molar-refractivity contribution >= 4 is 17.6 Å². The van der Waals surface area contributed by atoms with E-state index in [4.69, 9.17) is 9.47 Å². The zero-order valence-electron chi connectivity index (χ0n) is 33.0. The lowest BCUT2D eigenvalue weighted by Gasteiger charge is -2.27. The molecule has 2 unspecified atom stereocenters. The van der Waals surface area contributed by atoms with Gasteiger partial charge in [0.25, 0.3) is 11.0 Å². The fourth-order valence-electron chi connectivity index (χ4n) is 7.49. The molecule has 5 rings (SSSR count). The molecule has 0 saturated carbocycles. The number of hydrogen-bond donors (Lipinski definition) is 3. The number of hydrogen-bond acceptors (Lipinski definition) is 12. The maximum atomic E-state index is 14.3. The van der Waals surface area contributed by atoms with Crippen molar-refractivity contribution in [1.82, 2.24) is 9.47 Å². The number of aliphatic hydroxyl groups is 2. The van der Waals surface area contributed by atoms with E-state index in [0.717, 1.165) is 12.0 Å². The average molecular weight is 820 g/mol. The van der Waals surface area contributed by atoms with Gasteiger partial charge in [-0.15, -0.1) is 10.1 Å². The van der Waals surface area contributed by atoms with Gasteiger partial charge in [0.1, 0.15) is 25.1 Å². The summed E-state index contributed by atoms with van der Waals surface area (Å²) in [6, 6.07) is 24.3. The first kappa shape index (κ1) is 44.4. The summed E-state index contributed by atoms with van der Waals surface area (Å²) >= 11 is 0. The third-order valence-corrected chi connectivity index (χ3v) is 10.1. The zero-order valence-corrected chi connectivity index (χ0v) is 33.0. The summed E-state index contributed by atoms with van der Waals surface area (Å²) in [6.45, 7) is 3.37. The lowest BCUT2D eigenvalue weighted by atomic mass is 9.94. The summed E-state index contributed by atoms with van der Waals surface area (Å²) in [5.74, 6) is -1.62. The van der Waals surface area contributed by atoms with Crippen LogP contribution in [0.2, 0.25) is 0 Å². The summed E-state index contributed by atoms with van der Waals surface area (Å²) in [6.07, 6.45) is -2.31. The Morgan fingerprint density at radius 3 is 2.27 bits per heavy atom. The number of halogens is 1. The summed E-state index contributed by atoms with van der Waals surface area (Å²) in [5, 5.41) is 45.6. The molecular weight excluding hydrogens is 769 g/mol. The van der Waals surface area contributed by atoms with Crippen LogP contribution >= 0.6 is 0 Å². The number of likely N-dealkylation sites (tertiary alicyclic amines) is 1. The number of benzene rings is 3. The topological polar surface area (TPSA) is 209 Å². The number of para-hydroxylation sites is 1. The second-order valence-corrected chi connectivity index (χ2v) is 14.8. The van der Waals surface area contributed by atoms with Gasteiger partial charge in [-0.2, -0.15) is 0 Å². The molecule has 1 aliphatic heterocycles. The number of carbonyl (C=O) groups excluding carboxylic acids is 2. The maximum Gasteiger partial charge on any atom is 0.308 e. The number of amides is 1. The van der Waals surface area contributed by atoms with Gasteiger partial charge in [0.05, 0.1) is 29.9 Å². The van der Waals surface area contributed by atoms with Crippen LogP contribution in [0.3, 0.4) is 0 Å². The first-order valence-electron chi connectivity index (χ1n) is 19.5. The van der Waals surface area contributed by atoms with Crippen LogP contribution in [0.1, 0.15) is 67.9 Å². The van der Waals surface area contributed by atoms with E-state index in [1.807, 2.05) is 71.8 Å². The summed E-state index contributed by atoms with van der Waals surface area (Å²) < 4.78 is 26.9. The molecule has 1 fully saturated rings. The van der Waals surface area contributed by atoms with Crippen LogP contribution in [0.5, 0.6) is 0 Å². The predicted octanol–water partition coefficient (Wildman–Crippen LogP) is 6.06. The Morgan fingerprint density at radius 1 is 0.949 bits per heavy atom. The third kappa shape index (κ3) is 12.6. The van der Waals surface area contributed by atoms with Crippen LogP contribution in [0.4, 0.5) is 10.1 Å². The fourth-order valence-corrected chi connectivity index (χ4v) is 7.49. The molecule has 1 aromatic heterocycles. The molecule has 0 spiro atoms. The minimum absolute atomic E-state index is 0.0478. The van der Waals surface area contributed by atoms with E-state index in [9.17, 15) is 44.4 Å². The number of nitrogens with one attached hydrogen (secondary N) is 1. The number of carbonyl (C=O) groups is 2. The van der Waals surface area contributed by atoms with Crippen molar-refractivity contribution in [1.29, 1.82) is 0 Å². The highest BCUT2D eigenvalue weighted by Crippen LogP contribution is 2.42. The molecular formula is C42H50FN5O11. The molecule has 3 N–H and O–H groups in total. The number of ether oxygens (including phenoxy) is 2. The molecule has 59 heavy (non-hydrogen) atoms. The Labute approximate surface area is 340 Å². The lowest BCUT2D eigenvalue weighted by Crippen LogP contribution is -2.42. The van der Waals surface area contributed by atoms with Crippen molar-refractivity contribution in [2.24, 2.45) is 0 Å². The van der Waals surface area contributed by atoms with Crippen molar-refractivity contribution < 1.29 is 48.5 Å². The van der Waals surface area contributed by atoms with Crippen molar-refractivity contribution in [3.63, 3.8) is 0 Å². The normalized spacial score (nSPS) is 15.7. The Balaban J connectivity index is 1.29. The number of aromatic nitrogens is 1. The second-order valence-electron chi connectivity index (χ2n) is 14.8. The number of nitro groups is 1. The Bertz CT molecular complexity index is 2000. The molecule has 1 saturated heterocycles. The van der Waals surface area contributed by atoms with Crippen LogP contribution in [0.25, 0.3) is 22.4 Å². The van der Waals surface area contributed by atoms with Crippen LogP contribution in [0.15, 0.2) is 84.9 Å². The van der Waals surface area contributed by atoms with Gasteiger partial charge in [0.15, 0.2) is 0 Å². The lowest BCUT2D eigenvalue weighted by molar-refractivity contribution is -0.759. The van der Waals surface area contributed by atoms with E-state index in [1.165, 1.54) is 12.1 Å². The van der Waals surface area contributed by atoms with E-state index in [1.54, 1.807) is 24.3 Å². The van der Waals surface area contributed by atoms with Crippen molar-refractivity contribution in [2.75, 3.05) is 38.4 Å². The SMILES string of the molecule is CC(C)c1c(C(=O)Nc2ccccc2)c(-c2ccccc2)c(-c2ccc(F)cc2)n1CC[C@@H](O)C[C@@H](O)CC(=O)OCC1CCCN1CC(CO[N+](=O)[O-])OC[N+](=O)[O-]. The molecule has 0 bridgehead atoms. The molecule has 0 radical (unpaired) electrons. The largest absolute Gasteiger partial charge is 0.464 e. The van der Waals surface area contributed by atoms with E-state index in [0.29, 0.717) is 46.7 Å². The van der Waals surface area contributed by atoms with E-state index in [-0.39, 0.29) is 50.4 Å². The van der Waals surface area contributed by atoms with Crippen LogP contribution < -0.4 is 5.32 Å². The first-order chi connectivity index (χ1) is 28.3. The van der Waals surface area contributed by atoms with Crippen LogP contribution in [-0.2, 0) is 25.7 Å².